The van der Waals surface area contributed by atoms with E-state index in [9.17, 15) is 14.4 Å². The van der Waals surface area contributed by atoms with Crippen LogP contribution in [0.4, 0.5) is 0 Å². The zero-order chi connectivity index (χ0) is 77.6. The smallest absolute Gasteiger partial charge is 0.336 e. The molecule has 106 heavy (non-hydrogen) atoms. The fourth-order valence-corrected chi connectivity index (χ4v) is 11.6. The van der Waals surface area contributed by atoms with E-state index < -0.39 is 32.4 Å². The minimum absolute atomic E-state index is 0.173. The van der Waals surface area contributed by atoms with Gasteiger partial charge in [0, 0.05) is 99.5 Å². The van der Waals surface area contributed by atoms with E-state index in [1.165, 1.54) is 21.3 Å². The van der Waals surface area contributed by atoms with E-state index in [0.717, 1.165) is 78.8 Å². The maximum Gasteiger partial charge on any atom is 0.336 e. The van der Waals surface area contributed by atoms with Gasteiger partial charge in [-0.1, -0.05) is 112 Å². The number of H-pyrrole nitrogens is 1. The van der Waals surface area contributed by atoms with E-state index in [2.05, 4.69) is 89.6 Å². The van der Waals surface area contributed by atoms with Gasteiger partial charge in [0.2, 0.25) is 17.6 Å². The van der Waals surface area contributed by atoms with Gasteiger partial charge < -0.3 is 52.1 Å². The van der Waals surface area contributed by atoms with Crippen molar-refractivity contribution in [3.05, 3.63) is 126 Å². The van der Waals surface area contributed by atoms with Gasteiger partial charge in [-0.15, -0.1) is 15.3 Å². The lowest BCUT2D eigenvalue weighted by molar-refractivity contribution is -0.153. The Kier molecular flexibility index (Phi) is 29.8. The van der Waals surface area contributed by atoms with E-state index in [1.807, 2.05) is 133 Å². The fraction of sp³-hybridized carbons (Fsp3) is 0.462. The maximum absolute atomic E-state index is 11.9. The lowest BCUT2D eigenvalue weighted by Crippen LogP contribution is -2.32. The number of carbonyl (C=O) groups excluding carboxylic acids is 3. The SMILES string of the molecule is CCOc1n[nH]c(-c2ccc(-c3cnc(OCC(C)(C)C(=O)OC)cc3C)cc2)n1.CCOc1nc(-c2ccc(-c3cnc(OCC(C)(C)C(=O)OC)cc3C)cc2)n(COCC[Si](C)(C)C)n1.CCOc1nc(-c2ccc(-c3cnc(OCC(C)(C)C(=O)OC)cc3C)cc2)nn1COCC[Si](C)(C)C. The number of benzene rings is 3. The van der Waals surface area contributed by atoms with Gasteiger partial charge in [0.15, 0.2) is 17.5 Å². The van der Waals surface area contributed by atoms with Gasteiger partial charge in [-0.05, 0) is 129 Å². The lowest BCUT2D eigenvalue weighted by atomic mass is 9.95. The Labute approximate surface area is 625 Å². The lowest BCUT2D eigenvalue weighted by Gasteiger charge is -2.21. The normalized spacial score (nSPS) is 11.7. The van der Waals surface area contributed by atoms with Crippen molar-refractivity contribution >= 4 is 34.1 Å². The summed E-state index contributed by atoms with van der Waals surface area (Å²) in [6.07, 6.45) is 5.34. The molecular formula is C78H106N12O14Si2. The molecule has 0 amide bonds. The number of rotatable bonds is 34. The Morgan fingerprint density at radius 3 is 1.19 bits per heavy atom. The first-order chi connectivity index (χ1) is 50.2. The van der Waals surface area contributed by atoms with Crippen molar-refractivity contribution in [1.29, 1.82) is 0 Å². The van der Waals surface area contributed by atoms with E-state index in [4.69, 9.17) is 52.1 Å². The molecule has 0 atom stereocenters. The van der Waals surface area contributed by atoms with Crippen molar-refractivity contribution in [2.75, 3.05) is 74.2 Å². The highest BCUT2D eigenvalue weighted by Gasteiger charge is 2.33. The van der Waals surface area contributed by atoms with Crippen LogP contribution in [0.2, 0.25) is 51.4 Å². The summed E-state index contributed by atoms with van der Waals surface area (Å²) in [7, 11) is 1.78. The molecule has 0 aliphatic rings. The number of aromatic nitrogens is 12. The number of aryl methyl sites for hydroxylation is 3. The summed E-state index contributed by atoms with van der Waals surface area (Å²) < 4.78 is 63.5. The summed E-state index contributed by atoms with van der Waals surface area (Å²) >= 11 is 0. The van der Waals surface area contributed by atoms with Crippen molar-refractivity contribution in [2.45, 2.75) is 148 Å². The van der Waals surface area contributed by atoms with Crippen molar-refractivity contribution in [3.63, 3.8) is 0 Å². The number of nitrogens with one attached hydrogen (secondary N) is 1. The molecule has 28 heteroatoms. The molecule has 0 aliphatic heterocycles. The number of methoxy groups -OCH3 is 3. The molecule has 0 radical (unpaired) electrons. The summed E-state index contributed by atoms with van der Waals surface area (Å²) in [6.45, 7) is 40.4. The van der Waals surface area contributed by atoms with E-state index >= 15 is 0 Å². The van der Waals surface area contributed by atoms with Gasteiger partial charge in [-0.3, -0.25) is 19.5 Å². The quantitative estimate of drug-likeness (QED) is 0.0170. The minimum Gasteiger partial charge on any atom is -0.476 e. The molecule has 0 aliphatic carbocycles. The number of aromatic amines is 1. The van der Waals surface area contributed by atoms with Gasteiger partial charge in [0.25, 0.3) is 0 Å². The number of esters is 3. The van der Waals surface area contributed by atoms with Crippen LogP contribution in [0.25, 0.3) is 67.5 Å². The first kappa shape index (κ1) is 83.4. The molecule has 0 saturated heterocycles. The maximum atomic E-state index is 11.9. The molecule has 9 rings (SSSR count). The highest BCUT2D eigenvalue weighted by molar-refractivity contribution is 6.76. The molecule has 570 valence electrons. The van der Waals surface area contributed by atoms with Crippen LogP contribution in [0, 0.1) is 37.0 Å². The molecule has 0 bridgehead atoms. The van der Waals surface area contributed by atoms with Crippen molar-refractivity contribution < 1.29 is 66.5 Å². The molecule has 0 fully saturated rings. The second-order valence-electron chi connectivity index (χ2n) is 29.6. The standard InChI is InChI=1S/2C28H40N4O5Si.C22H26N4O4/c1-9-36-27-30-25(32(31-27)19-35-14-15-38(6,7)8)22-12-10-21(11-13-22)23-17-29-24(16-20(23)2)37-18-28(3,4)26(33)34-5;1-9-36-27-30-25(31-32(27)19-35-14-15-38(6,7)8)22-12-10-21(11-13-22)23-17-29-24(16-20(23)2)37-18-28(3,4)26(33)34-5;1-6-29-21-24-19(25-26-21)16-9-7-15(8-10-16)17-12-23-18(11-14(17)2)30-13-22(3,4)20(27)28-5/h2*10-13,16-17H,9,14-15,18-19H2,1-8H3;7-12H,6,13H2,1-5H3,(H,24,25,26). The van der Waals surface area contributed by atoms with Crippen molar-refractivity contribution in [3.8, 4) is 103 Å². The summed E-state index contributed by atoms with van der Waals surface area (Å²) in [5.41, 5.74) is 9.49. The predicted octanol–water partition coefficient (Wildman–Crippen LogP) is 15.0. The summed E-state index contributed by atoms with van der Waals surface area (Å²) in [6, 6.07) is 32.9. The van der Waals surface area contributed by atoms with Crippen LogP contribution in [0.5, 0.6) is 35.7 Å². The molecular weight excluding hydrogens is 1390 g/mol. The largest absolute Gasteiger partial charge is 0.476 e. The third-order valence-corrected chi connectivity index (χ3v) is 20.0. The van der Waals surface area contributed by atoms with Crippen molar-refractivity contribution in [1.82, 2.24) is 59.7 Å². The molecule has 3 aromatic carbocycles. The predicted molar refractivity (Wildman–Crippen MR) is 412 cm³/mol. The zero-order valence-electron chi connectivity index (χ0n) is 65.5. The molecule has 6 aromatic heterocycles. The van der Waals surface area contributed by atoms with Crippen LogP contribution in [0.3, 0.4) is 0 Å². The van der Waals surface area contributed by atoms with Gasteiger partial charge in [-0.25, -0.2) is 19.6 Å². The van der Waals surface area contributed by atoms with Gasteiger partial charge >= 0.3 is 35.9 Å². The first-order valence-electron chi connectivity index (χ1n) is 35.4. The summed E-state index contributed by atoms with van der Waals surface area (Å²) in [5.74, 6) is 2.35. The van der Waals surface area contributed by atoms with Gasteiger partial charge in [0.05, 0.1) is 57.4 Å². The average Bonchev–Trinajstić information content (AvgIpc) is 1.52. The van der Waals surface area contributed by atoms with Gasteiger partial charge in [0.1, 0.15) is 33.3 Å². The Bertz CT molecular complexity index is 4320. The van der Waals surface area contributed by atoms with Crippen LogP contribution in [0.15, 0.2) is 110 Å². The molecule has 9 aromatic rings. The Hall–Kier alpha value is -9.91. The van der Waals surface area contributed by atoms with E-state index in [-0.39, 0.29) is 37.7 Å². The summed E-state index contributed by atoms with van der Waals surface area (Å²) in [5, 5.41) is 16.0. The number of hydrogen-bond acceptors (Lipinski definition) is 23. The minimum atomic E-state index is -1.17. The topological polar surface area (TPSA) is 294 Å². The third-order valence-electron chi connectivity index (χ3n) is 16.6. The molecule has 26 nitrogen and oxygen atoms in total. The number of pyridine rings is 3. The van der Waals surface area contributed by atoms with E-state index in [1.54, 1.807) is 69.5 Å². The molecule has 6 heterocycles. The van der Waals surface area contributed by atoms with Crippen molar-refractivity contribution in [2.24, 2.45) is 16.2 Å². The highest BCUT2D eigenvalue weighted by Crippen LogP contribution is 2.34. The summed E-state index contributed by atoms with van der Waals surface area (Å²) in [4.78, 5) is 62.3. The first-order valence-corrected chi connectivity index (χ1v) is 42.8. The Morgan fingerprint density at radius 2 is 0.811 bits per heavy atom. The fourth-order valence-electron chi connectivity index (χ4n) is 10.1. The number of nitrogens with zero attached hydrogens (tertiary/aromatic N) is 11. The number of hydrogen-bond donors (Lipinski definition) is 1. The number of carbonyl (C=O) groups is 3. The van der Waals surface area contributed by atoms with Crippen LogP contribution >= 0.6 is 0 Å². The monoisotopic (exact) mass is 1490 g/mol. The molecule has 1 N–H and O–H groups in total. The highest BCUT2D eigenvalue weighted by atomic mass is 28.3. The second-order valence-corrected chi connectivity index (χ2v) is 40.9. The number of ether oxygens (including phenoxy) is 11. The van der Waals surface area contributed by atoms with E-state index in [0.29, 0.717) is 99.6 Å². The van der Waals surface area contributed by atoms with Gasteiger partial charge in [-0.2, -0.15) is 19.6 Å². The molecule has 0 saturated carbocycles. The second kappa shape index (κ2) is 37.9. The van der Waals surface area contributed by atoms with Crippen LogP contribution < -0.4 is 28.4 Å². The van der Waals surface area contributed by atoms with Crippen LogP contribution in [0.1, 0.15) is 79.0 Å². The van der Waals surface area contributed by atoms with Crippen LogP contribution in [-0.2, 0) is 51.5 Å². The Balaban J connectivity index is 0.000000224. The Morgan fingerprint density at radius 1 is 0.443 bits per heavy atom. The third kappa shape index (κ3) is 24.3. The molecule has 0 spiro atoms. The average molecular weight is 1490 g/mol. The zero-order valence-corrected chi connectivity index (χ0v) is 67.5. The van der Waals surface area contributed by atoms with Crippen LogP contribution in [-0.4, -0.2) is 168 Å². The molecule has 0 unspecified atom stereocenters.